The van der Waals surface area contributed by atoms with Crippen LogP contribution in [0.5, 0.6) is 11.5 Å². The minimum Gasteiger partial charge on any atom is -0.490 e. The van der Waals surface area contributed by atoms with Crippen LogP contribution in [0.2, 0.25) is 0 Å². The molecule has 0 aliphatic rings. The normalized spacial score (nSPS) is 10.7. The van der Waals surface area contributed by atoms with Crippen molar-refractivity contribution in [3.63, 3.8) is 0 Å². The monoisotopic (exact) mass is 485 g/mol. The first-order valence-electron chi connectivity index (χ1n) is 7.41. The first kappa shape index (κ1) is 19.7. The Bertz CT molecular complexity index is 767. The predicted octanol–water partition coefficient (Wildman–Crippen LogP) is 4.36. The highest BCUT2D eigenvalue weighted by atomic mass is 79.9. The van der Waals surface area contributed by atoms with Crippen molar-refractivity contribution in [2.45, 2.75) is 13.5 Å². The van der Waals surface area contributed by atoms with Gasteiger partial charge in [-0.25, -0.2) is 0 Å². The molecule has 0 fully saturated rings. The van der Waals surface area contributed by atoms with Crippen molar-refractivity contribution in [1.82, 2.24) is 5.43 Å². The lowest BCUT2D eigenvalue weighted by Crippen LogP contribution is -2.23. The fraction of sp³-hybridized carbons (Fsp3) is 0.176. The Morgan fingerprint density at radius 1 is 1.24 bits per heavy atom. The second-order valence-electron chi connectivity index (χ2n) is 4.91. The Balaban J connectivity index is 2.19. The van der Waals surface area contributed by atoms with Gasteiger partial charge >= 0.3 is 0 Å². The Hall–Kier alpha value is -1.64. The zero-order chi connectivity index (χ0) is 18.2. The van der Waals surface area contributed by atoms with Gasteiger partial charge in [0, 0.05) is 4.47 Å². The van der Waals surface area contributed by atoms with Crippen molar-refractivity contribution >= 4 is 55.4 Å². The second-order valence-corrected chi connectivity index (χ2v) is 7.12. The molecule has 0 amide bonds. The quantitative estimate of drug-likeness (QED) is 0.345. The fourth-order valence-corrected chi connectivity index (χ4v) is 2.86. The summed E-state index contributed by atoms with van der Waals surface area (Å²) < 4.78 is 13.5. The van der Waals surface area contributed by atoms with E-state index < -0.39 is 0 Å². The van der Waals surface area contributed by atoms with Gasteiger partial charge in [-0.05, 0) is 70.5 Å². The van der Waals surface area contributed by atoms with Crippen molar-refractivity contribution in [2.75, 3.05) is 6.61 Å². The van der Waals surface area contributed by atoms with Crippen molar-refractivity contribution in [3.05, 3.63) is 56.5 Å². The molecule has 0 aliphatic carbocycles. The summed E-state index contributed by atoms with van der Waals surface area (Å²) in [6, 6.07) is 11.7. The summed E-state index contributed by atoms with van der Waals surface area (Å²) >= 11 is 11.7. The zero-order valence-electron chi connectivity index (χ0n) is 13.5. The second kappa shape index (κ2) is 9.74. The molecule has 0 aromatic heterocycles. The molecule has 2 aromatic carbocycles. The largest absolute Gasteiger partial charge is 0.490 e. The summed E-state index contributed by atoms with van der Waals surface area (Å²) in [6.45, 7) is 2.87. The van der Waals surface area contributed by atoms with Gasteiger partial charge in [0.15, 0.2) is 16.6 Å². The lowest BCUT2D eigenvalue weighted by Gasteiger charge is -2.14. The molecule has 0 atom stereocenters. The SMILES string of the molecule is CCOc1cc(/C=N/NC(N)=S)cc(Br)c1OCc1ccc(Br)cc1. The van der Waals surface area contributed by atoms with Gasteiger partial charge in [0.05, 0.1) is 17.3 Å². The maximum absolute atomic E-state index is 5.96. The molecule has 0 spiro atoms. The maximum Gasteiger partial charge on any atom is 0.184 e. The van der Waals surface area contributed by atoms with Gasteiger partial charge in [-0.2, -0.15) is 5.10 Å². The van der Waals surface area contributed by atoms with Crippen LogP contribution in [0.3, 0.4) is 0 Å². The van der Waals surface area contributed by atoms with E-state index in [1.807, 2.05) is 43.3 Å². The topological polar surface area (TPSA) is 68.9 Å². The van der Waals surface area contributed by atoms with Crippen molar-refractivity contribution in [3.8, 4) is 11.5 Å². The van der Waals surface area contributed by atoms with Crippen LogP contribution < -0.4 is 20.6 Å². The minimum absolute atomic E-state index is 0.106. The highest BCUT2D eigenvalue weighted by molar-refractivity contribution is 9.10. The highest BCUT2D eigenvalue weighted by Gasteiger charge is 2.12. The minimum atomic E-state index is 0.106. The van der Waals surface area contributed by atoms with Gasteiger partial charge in [-0.1, -0.05) is 28.1 Å². The van der Waals surface area contributed by atoms with Gasteiger partial charge in [0.1, 0.15) is 6.61 Å². The summed E-state index contributed by atoms with van der Waals surface area (Å²) in [6.07, 6.45) is 1.60. The number of ether oxygens (including phenoxy) is 2. The first-order valence-corrected chi connectivity index (χ1v) is 9.41. The van der Waals surface area contributed by atoms with E-state index in [1.54, 1.807) is 6.21 Å². The van der Waals surface area contributed by atoms with Crippen LogP contribution in [0, 0.1) is 0 Å². The van der Waals surface area contributed by atoms with Gasteiger partial charge in [-0.3, -0.25) is 5.43 Å². The molecule has 2 rings (SSSR count). The number of hydrogen-bond acceptors (Lipinski definition) is 4. The molecular formula is C17H17Br2N3O2S. The summed E-state index contributed by atoms with van der Waals surface area (Å²) in [5.74, 6) is 1.27. The van der Waals surface area contributed by atoms with Gasteiger partial charge in [0.2, 0.25) is 0 Å². The van der Waals surface area contributed by atoms with Gasteiger partial charge < -0.3 is 15.2 Å². The molecule has 0 unspecified atom stereocenters. The Morgan fingerprint density at radius 3 is 2.60 bits per heavy atom. The van der Waals surface area contributed by atoms with E-state index in [0.29, 0.717) is 24.7 Å². The fourth-order valence-electron chi connectivity index (χ4n) is 1.97. The number of benzene rings is 2. The van der Waals surface area contributed by atoms with E-state index in [1.165, 1.54) is 0 Å². The third-order valence-corrected chi connectivity index (χ3v) is 4.23. The summed E-state index contributed by atoms with van der Waals surface area (Å²) in [5, 5.41) is 4.06. The lowest BCUT2D eigenvalue weighted by atomic mass is 10.2. The Morgan fingerprint density at radius 2 is 1.96 bits per heavy atom. The number of rotatable bonds is 7. The molecule has 0 saturated heterocycles. The molecule has 25 heavy (non-hydrogen) atoms. The molecule has 5 nitrogen and oxygen atoms in total. The van der Waals surface area contributed by atoms with E-state index in [4.69, 9.17) is 27.4 Å². The van der Waals surface area contributed by atoms with Crippen LogP contribution in [-0.2, 0) is 6.61 Å². The molecular weight excluding hydrogens is 470 g/mol. The molecule has 132 valence electrons. The predicted molar refractivity (Wildman–Crippen MR) is 111 cm³/mol. The molecule has 3 N–H and O–H groups in total. The van der Waals surface area contributed by atoms with Crippen LogP contribution in [0.4, 0.5) is 0 Å². The summed E-state index contributed by atoms with van der Waals surface area (Å²) in [7, 11) is 0. The number of nitrogens with zero attached hydrogens (tertiary/aromatic N) is 1. The van der Waals surface area contributed by atoms with Crippen LogP contribution in [0.15, 0.2) is 50.4 Å². The number of hydrogen-bond donors (Lipinski definition) is 2. The van der Waals surface area contributed by atoms with E-state index in [0.717, 1.165) is 20.1 Å². The van der Waals surface area contributed by atoms with Crippen LogP contribution in [0.25, 0.3) is 0 Å². The zero-order valence-corrected chi connectivity index (χ0v) is 17.4. The number of hydrazone groups is 1. The smallest absolute Gasteiger partial charge is 0.184 e. The number of halogens is 2. The lowest BCUT2D eigenvalue weighted by molar-refractivity contribution is 0.267. The van der Waals surface area contributed by atoms with Crippen molar-refractivity contribution < 1.29 is 9.47 Å². The number of nitrogens with one attached hydrogen (secondary N) is 1. The van der Waals surface area contributed by atoms with E-state index >= 15 is 0 Å². The van der Waals surface area contributed by atoms with E-state index in [9.17, 15) is 0 Å². The van der Waals surface area contributed by atoms with Crippen molar-refractivity contribution in [2.24, 2.45) is 10.8 Å². The molecule has 8 heteroatoms. The number of thiocarbonyl (C=S) groups is 1. The van der Waals surface area contributed by atoms with Crippen molar-refractivity contribution in [1.29, 1.82) is 0 Å². The highest BCUT2D eigenvalue weighted by Crippen LogP contribution is 2.37. The number of nitrogens with two attached hydrogens (primary N) is 1. The third-order valence-electron chi connectivity index (χ3n) is 3.02. The van der Waals surface area contributed by atoms with Gasteiger partial charge in [-0.15, -0.1) is 0 Å². The molecule has 0 aliphatic heterocycles. The Kier molecular flexibility index (Phi) is 7.67. The van der Waals surface area contributed by atoms with E-state index in [-0.39, 0.29) is 5.11 Å². The van der Waals surface area contributed by atoms with Crippen LogP contribution >= 0.6 is 44.1 Å². The average molecular weight is 487 g/mol. The molecule has 0 saturated carbocycles. The Labute approximate surface area is 168 Å². The summed E-state index contributed by atoms with van der Waals surface area (Å²) in [4.78, 5) is 0. The first-order chi connectivity index (χ1) is 12.0. The van der Waals surface area contributed by atoms with E-state index in [2.05, 4.69) is 42.4 Å². The molecule has 0 bridgehead atoms. The summed E-state index contributed by atoms with van der Waals surface area (Å²) in [5.41, 5.74) is 9.73. The standard InChI is InChI=1S/C17H17Br2N3O2S/c1-2-23-15-8-12(9-21-22-17(20)25)7-14(19)16(15)24-10-11-3-5-13(18)6-4-11/h3-9H,2,10H2,1H3,(H3,20,22,25)/b21-9+. The molecule has 2 aromatic rings. The van der Waals surface area contributed by atoms with Crippen LogP contribution in [-0.4, -0.2) is 17.9 Å². The molecule has 0 heterocycles. The average Bonchev–Trinajstić information content (AvgIpc) is 2.55. The maximum atomic E-state index is 5.96. The van der Waals surface area contributed by atoms with Gasteiger partial charge in [0.25, 0.3) is 0 Å². The molecule has 0 radical (unpaired) electrons. The van der Waals surface area contributed by atoms with Crippen LogP contribution in [0.1, 0.15) is 18.1 Å². The third kappa shape index (κ3) is 6.30.